The summed E-state index contributed by atoms with van der Waals surface area (Å²) in [5.74, 6) is 1.07. The zero-order valence-electron chi connectivity index (χ0n) is 16.9. The van der Waals surface area contributed by atoms with Crippen molar-refractivity contribution in [3.05, 3.63) is 90.3 Å². The van der Waals surface area contributed by atoms with Crippen LogP contribution in [-0.4, -0.2) is 27.8 Å². The molecule has 150 valence electrons. The summed E-state index contributed by atoms with van der Waals surface area (Å²) >= 11 is 0. The lowest BCUT2D eigenvalue weighted by Gasteiger charge is -2.06. The number of aromatic nitrogens is 3. The molecule has 1 N–H and O–H groups in total. The Morgan fingerprint density at radius 2 is 1.67 bits per heavy atom. The summed E-state index contributed by atoms with van der Waals surface area (Å²) in [5, 5.41) is 7.37. The summed E-state index contributed by atoms with van der Waals surface area (Å²) < 4.78 is 6.92. The van der Waals surface area contributed by atoms with Crippen LogP contribution in [0.3, 0.4) is 0 Å². The highest BCUT2D eigenvalue weighted by atomic mass is 16.5. The molecule has 3 aromatic carbocycles. The highest BCUT2D eigenvalue weighted by Gasteiger charge is 2.19. The fourth-order valence-corrected chi connectivity index (χ4v) is 3.10. The van der Waals surface area contributed by atoms with Crippen LogP contribution in [0.1, 0.15) is 23.1 Å². The van der Waals surface area contributed by atoms with Crippen molar-refractivity contribution in [3.8, 4) is 22.8 Å². The molecule has 0 aliphatic carbocycles. The van der Waals surface area contributed by atoms with E-state index in [-0.39, 0.29) is 11.7 Å². The van der Waals surface area contributed by atoms with Gasteiger partial charge in [-0.1, -0.05) is 37.3 Å². The van der Waals surface area contributed by atoms with Crippen molar-refractivity contribution >= 4 is 11.6 Å². The molecule has 0 spiro atoms. The fraction of sp³-hybridized carbons (Fsp3) is 0.125. The highest BCUT2D eigenvalue weighted by molar-refractivity contribution is 6.01. The van der Waals surface area contributed by atoms with E-state index in [4.69, 9.17) is 4.74 Å². The molecular weight excluding hydrogens is 376 g/mol. The number of benzene rings is 3. The van der Waals surface area contributed by atoms with Gasteiger partial charge in [0.1, 0.15) is 5.75 Å². The molecule has 0 bridgehead atoms. The SMILES string of the molecule is CCc1ccc(NC(=O)c2nc(-c3ccc(OC)cc3)n(-c3ccccc3)n2)cc1. The molecule has 4 aromatic rings. The number of carbonyl (C=O) groups excluding carboxylic acids is 1. The average Bonchev–Trinajstić information content (AvgIpc) is 3.26. The molecule has 0 atom stereocenters. The molecule has 0 saturated carbocycles. The number of nitrogens with zero attached hydrogens (tertiary/aromatic N) is 3. The number of rotatable bonds is 6. The maximum Gasteiger partial charge on any atom is 0.295 e. The number of hydrogen-bond donors (Lipinski definition) is 1. The Labute approximate surface area is 175 Å². The van der Waals surface area contributed by atoms with E-state index >= 15 is 0 Å². The van der Waals surface area contributed by atoms with Gasteiger partial charge in [-0.15, -0.1) is 5.10 Å². The third-order valence-electron chi connectivity index (χ3n) is 4.78. The zero-order valence-corrected chi connectivity index (χ0v) is 16.9. The Morgan fingerprint density at radius 1 is 0.967 bits per heavy atom. The van der Waals surface area contributed by atoms with Crippen molar-refractivity contribution in [2.75, 3.05) is 12.4 Å². The molecule has 30 heavy (non-hydrogen) atoms. The predicted octanol–water partition coefficient (Wildman–Crippen LogP) is 4.76. The molecule has 0 saturated heterocycles. The van der Waals surface area contributed by atoms with Gasteiger partial charge in [0.05, 0.1) is 12.8 Å². The zero-order chi connectivity index (χ0) is 20.9. The van der Waals surface area contributed by atoms with Crippen LogP contribution < -0.4 is 10.1 Å². The number of para-hydroxylation sites is 1. The van der Waals surface area contributed by atoms with E-state index < -0.39 is 0 Å². The number of ether oxygens (including phenoxy) is 1. The third-order valence-corrected chi connectivity index (χ3v) is 4.78. The lowest BCUT2D eigenvalue weighted by atomic mass is 10.1. The van der Waals surface area contributed by atoms with Gasteiger partial charge in [-0.25, -0.2) is 9.67 Å². The summed E-state index contributed by atoms with van der Waals surface area (Å²) in [7, 11) is 1.62. The lowest BCUT2D eigenvalue weighted by Crippen LogP contribution is -2.14. The Kier molecular flexibility index (Phi) is 5.57. The molecule has 6 nitrogen and oxygen atoms in total. The standard InChI is InChI=1S/C24H22N4O2/c1-3-17-9-13-19(14-10-17)25-24(29)22-26-23(18-11-15-21(30-2)16-12-18)28(27-22)20-7-5-4-6-8-20/h4-16H,3H2,1-2H3,(H,25,29). The van der Waals surface area contributed by atoms with E-state index in [0.29, 0.717) is 11.5 Å². The molecule has 0 unspecified atom stereocenters. The van der Waals surface area contributed by atoms with Gasteiger partial charge in [0, 0.05) is 11.3 Å². The molecule has 0 radical (unpaired) electrons. The lowest BCUT2D eigenvalue weighted by molar-refractivity contribution is 0.101. The van der Waals surface area contributed by atoms with Crippen molar-refractivity contribution < 1.29 is 9.53 Å². The Hall–Kier alpha value is -3.93. The first-order valence-corrected chi connectivity index (χ1v) is 9.75. The topological polar surface area (TPSA) is 69.0 Å². The van der Waals surface area contributed by atoms with Crippen molar-refractivity contribution in [2.24, 2.45) is 0 Å². The number of carbonyl (C=O) groups is 1. The van der Waals surface area contributed by atoms with Crippen LogP contribution >= 0.6 is 0 Å². The third kappa shape index (κ3) is 4.07. The highest BCUT2D eigenvalue weighted by Crippen LogP contribution is 2.24. The van der Waals surface area contributed by atoms with Gasteiger partial charge in [-0.3, -0.25) is 4.79 Å². The molecule has 1 heterocycles. The summed E-state index contributed by atoms with van der Waals surface area (Å²) in [6, 6.07) is 24.9. The maximum absolute atomic E-state index is 12.8. The molecule has 0 aliphatic rings. The molecule has 0 aliphatic heterocycles. The van der Waals surface area contributed by atoms with Gasteiger partial charge in [-0.2, -0.15) is 0 Å². The molecule has 0 fully saturated rings. The quantitative estimate of drug-likeness (QED) is 0.509. The molecule has 6 heteroatoms. The van der Waals surface area contributed by atoms with Gasteiger partial charge < -0.3 is 10.1 Å². The second-order valence-electron chi connectivity index (χ2n) is 6.74. The molecule has 1 aromatic heterocycles. The summed E-state index contributed by atoms with van der Waals surface area (Å²) in [6.07, 6.45) is 0.947. The molecule has 4 rings (SSSR count). The minimum absolute atomic E-state index is 0.101. The monoisotopic (exact) mass is 398 g/mol. The Bertz CT molecular complexity index is 1130. The smallest absolute Gasteiger partial charge is 0.295 e. The Morgan fingerprint density at radius 3 is 2.30 bits per heavy atom. The van der Waals surface area contributed by atoms with E-state index in [1.54, 1.807) is 11.8 Å². The van der Waals surface area contributed by atoms with Gasteiger partial charge in [0.25, 0.3) is 5.91 Å². The van der Waals surface area contributed by atoms with Crippen LogP contribution in [0.2, 0.25) is 0 Å². The van der Waals surface area contributed by atoms with Crippen molar-refractivity contribution in [1.82, 2.24) is 14.8 Å². The summed E-state index contributed by atoms with van der Waals surface area (Å²) in [4.78, 5) is 17.4. The summed E-state index contributed by atoms with van der Waals surface area (Å²) in [5.41, 5.74) is 3.57. The first-order chi connectivity index (χ1) is 14.7. The van der Waals surface area contributed by atoms with Gasteiger partial charge in [-0.05, 0) is 60.5 Å². The number of nitrogens with one attached hydrogen (secondary N) is 1. The second-order valence-corrected chi connectivity index (χ2v) is 6.74. The number of hydrogen-bond acceptors (Lipinski definition) is 4. The summed E-state index contributed by atoms with van der Waals surface area (Å²) in [6.45, 7) is 2.09. The molecule has 1 amide bonds. The van der Waals surface area contributed by atoms with Crippen LogP contribution in [-0.2, 0) is 6.42 Å². The minimum Gasteiger partial charge on any atom is -0.497 e. The first-order valence-electron chi connectivity index (χ1n) is 9.75. The van der Waals surface area contributed by atoms with Crippen molar-refractivity contribution in [2.45, 2.75) is 13.3 Å². The van der Waals surface area contributed by atoms with E-state index in [1.807, 2.05) is 78.9 Å². The van der Waals surface area contributed by atoms with Gasteiger partial charge >= 0.3 is 0 Å². The number of aryl methyl sites for hydroxylation is 1. The normalized spacial score (nSPS) is 10.6. The van der Waals surface area contributed by atoms with Crippen molar-refractivity contribution in [3.63, 3.8) is 0 Å². The minimum atomic E-state index is -0.358. The van der Waals surface area contributed by atoms with Crippen LogP contribution in [0.15, 0.2) is 78.9 Å². The fourth-order valence-electron chi connectivity index (χ4n) is 3.10. The van der Waals surface area contributed by atoms with E-state index in [2.05, 4.69) is 22.3 Å². The molecular formula is C24H22N4O2. The average molecular weight is 398 g/mol. The van der Waals surface area contributed by atoms with Crippen molar-refractivity contribution in [1.29, 1.82) is 0 Å². The number of methoxy groups -OCH3 is 1. The maximum atomic E-state index is 12.8. The van der Waals surface area contributed by atoms with E-state index in [0.717, 1.165) is 23.4 Å². The van der Waals surface area contributed by atoms with Gasteiger partial charge in [0.2, 0.25) is 5.82 Å². The number of anilines is 1. The van der Waals surface area contributed by atoms with Crippen LogP contribution in [0.5, 0.6) is 5.75 Å². The Balaban J connectivity index is 1.69. The van der Waals surface area contributed by atoms with Gasteiger partial charge in [0.15, 0.2) is 5.82 Å². The second kappa shape index (κ2) is 8.61. The van der Waals surface area contributed by atoms with E-state index in [1.165, 1.54) is 5.56 Å². The van der Waals surface area contributed by atoms with Crippen LogP contribution in [0.25, 0.3) is 17.1 Å². The van der Waals surface area contributed by atoms with Crippen LogP contribution in [0, 0.1) is 0 Å². The number of amides is 1. The predicted molar refractivity (Wildman–Crippen MR) is 117 cm³/mol. The first kappa shape index (κ1) is 19.4. The van der Waals surface area contributed by atoms with E-state index in [9.17, 15) is 4.79 Å². The largest absolute Gasteiger partial charge is 0.497 e. The van der Waals surface area contributed by atoms with Crippen LogP contribution in [0.4, 0.5) is 5.69 Å².